The van der Waals surface area contributed by atoms with E-state index >= 15 is 0 Å². The van der Waals surface area contributed by atoms with Crippen LogP contribution < -0.4 is 15.4 Å². The number of imide groups is 1. The Bertz CT molecular complexity index is 763. The molecule has 0 unspecified atom stereocenters. The quantitative estimate of drug-likeness (QED) is 0.614. The standard InChI is InChI=1S/C16H14N4O3S/c21-14-13(24-16(22)20-14)10-11-2-4-12(5-3-11)23-9-8-19-15-17-6-1-7-18-15/h1-7,10H,8-9H2,(H,17,18,19)(H,20,21,22). The van der Waals surface area contributed by atoms with Gasteiger partial charge in [-0.15, -0.1) is 0 Å². The maximum absolute atomic E-state index is 11.5. The summed E-state index contributed by atoms with van der Waals surface area (Å²) < 4.78 is 5.61. The Hall–Kier alpha value is -2.87. The van der Waals surface area contributed by atoms with Crippen LogP contribution in [0.25, 0.3) is 6.08 Å². The number of anilines is 1. The summed E-state index contributed by atoms with van der Waals surface area (Å²) in [5, 5.41) is 4.92. The molecular weight excluding hydrogens is 328 g/mol. The minimum atomic E-state index is -0.362. The molecule has 1 aromatic carbocycles. The first-order valence-electron chi connectivity index (χ1n) is 7.19. The van der Waals surface area contributed by atoms with Crippen LogP contribution in [0.3, 0.4) is 0 Å². The lowest BCUT2D eigenvalue weighted by Gasteiger charge is -2.07. The van der Waals surface area contributed by atoms with Crippen molar-refractivity contribution in [2.24, 2.45) is 0 Å². The van der Waals surface area contributed by atoms with Gasteiger partial charge in [0.05, 0.1) is 11.4 Å². The molecule has 0 atom stereocenters. The summed E-state index contributed by atoms with van der Waals surface area (Å²) >= 11 is 0.898. The number of aromatic nitrogens is 2. The van der Waals surface area contributed by atoms with Crippen LogP contribution in [0, 0.1) is 0 Å². The van der Waals surface area contributed by atoms with E-state index in [1.807, 2.05) is 24.3 Å². The number of nitrogens with one attached hydrogen (secondary N) is 2. The monoisotopic (exact) mass is 342 g/mol. The molecular formula is C16H14N4O3S. The molecule has 0 aliphatic carbocycles. The van der Waals surface area contributed by atoms with Crippen LogP contribution in [0.1, 0.15) is 5.56 Å². The van der Waals surface area contributed by atoms with Gasteiger partial charge in [0, 0.05) is 12.4 Å². The van der Waals surface area contributed by atoms with Crippen LogP contribution in [0.4, 0.5) is 10.7 Å². The van der Waals surface area contributed by atoms with Crippen molar-refractivity contribution < 1.29 is 14.3 Å². The molecule has 1 aliphatic rings. The minimum absolute atomic E-state index is 0.346. The van der Waals surface area contributed by atoms with Crippen LogP contribution >= 0.6 is 11.8 Å². The van der Waals surface area contributed by atoms with Gasteiger partial charge in [-0.3, -0.25) is 14.9 Å². The Morgan fingerprint density at radius 1 is 1.17 bits per heavy atom. The number of hydrogen-bond acceptors (Lipinski definition) is 7. The van der Waals surface area contributed by atoms with E-state index in [-0.39, 0.29) is 11.1 Å². The third-order valence-corrected chi connectivity index (χ3v) is 3.85. The summed E-state index contributed by atoms with van der Waals surface area (Å²) in [7, 11) is 0. The van der Waals surface area contributed by atoms with E-state index in [4.69, 9.17) is 4.74 Å². The SMILES string of the molecule is O=C1NC(=O)C(=Cc2ccc(OCCNc3ncccn3)cc2)S1. The molecule has 24 heavy (non-hydrogen) atoms. The maximum Gasteiger partial charge on any atom is 0.290 e. The van der Waals surface area contributed by atoms with E-state index in [9.17, 15) is 9.59 Å². The second-order valence-electron chi connectivity index (χ2n) is 4.77. The van der Waals surface area contributed by atoms with Crippen molar-refractivity contribution in [1.29, 1.82) is 0 Å². The number of rotatable bonds is 6. The number of benzene rings is 1. The molecule has 2 aromatic rings. The highest BCUT2D eigenvalue weighted by Crippen LogP contribution is 2.26. The average Bonchev–Trinajstić information content (AvgIpc) is 2.91. The van der Waals surface area contributed by atoms with Crippen LogP contribution in [0.2, 0.25) is 0 Å². The van der Waals surface area contributed by atoms with Gasteiger partial charge < -0.3 is 10.1 Å². The fraction of sp³-hybridized carbons (Fsp3) is 0.125. The summed E-state index contributed by atoms with van der Waals surface area (Å²) in [6.45, 7) is 1.04. The van der Waals surface area contributed by atoms with Gasteiger partial charge in [-0.2, -0.15) is 0 Å². The van der Waals surface area contributed by atoms with Gasteiger partial charge in [0.25, 0.3) is 11.1 Å². The van der Waals surface area contributed by atoms with Crippen LogP contribution in [0.5, 0.6) is 5.75 Å². The summed E-state index contributed by atoms with van der Waals surface area (Å²) in [5.41, 5.74) is 0.825. The normalized spacial score (nSPS) is 15.4. The number of carbonyl (C=O) groups excluding carboxylic acids is 2. The van der Waals surface area contributed by atoms with E-state index in [0.29, 0.717) is 29.8 Å². The van der Waals surface area contributed by atoms with Crippen molar-refractivity contribution in [1.82, 2.24) is 15.3 Å². The summed E-state index contributed by atoms with van der Waals surface area (Å²) in [4.78, 5) is 31.1. The smallest absolute Gasteiger partial charge is 0.290 e. The molecule has 3 rings (SSSR count). The largest absolute Gasteiger partial charge is 0.492 e. The first kappa shape index (κ1) is 16.0. The van der Waals surface area contributed by atoms with E-state index in [1.165, 1.54) is 0 Å². The molecule has 7 nitrogen and oxygen atoms in total. The fourth-order valence-electron chi connectivity index (χ4n) is 1.95. The number of amides is 2. The average molecular weight is 342 g/mol. The highest BCUT2D eigenvalue weighted by atomic mass is 32.2. The summed E-state index contributed by atoms with van der Waals surface area (Å²) in [5.74, 6) is 0.914. The zero-order valence-corrected chi connectivity index (χ0v) is 13.4. The molecule has 1 saturated heterocycles. The summed E-state index contributed by atoms with van der Waals surface area (Å²) in [6.07, 6.45) is 5.00. The molecule has 1 fully saturated rings. The van der Waals surface area contributed by atoms with Crippen LogP contribution in [0.15, 0.2) is 47.6 Å². The molecule has 1 aromatic heterocycles. The van der Waals surface area contributed by atoms with E-state index < -0.39 is 0 Å². The zero-order chi connectivity index (χ0) is 16.8. The van der Waals surface area contributed by atoms with Crippen molar-refractivity contribution >= 4 is 34.9 Å². The lowest BCUT2D eigenvalue weighted by molar-refractivity contribution is -0.115. The molecule has 2 amide bonds. The third kappa shape index (κ3) is 4.32. The Morgan fingerprint density at radius 2 is 1.92 bits per heavy atom. The van der Waals surface area contributed by atoms with Gasteiger partial charge in [0.1, 0.15) is 12.4 Å². The van der Waals surface area contributed by atoms with Crippen molar-refractivity contribution in [3.63, 3.8) is 0 Å². The van der Waals surface area contributed by atoms with Crippen molar-refractivity contribution in [2.75, 3.05) is 18.5 Å². The first-order chi connectivity index (χ1) is 11.7. The van der Waals surface area contributed by atoms with E-state index in [0.717, 1.165) is 17.3 Å². The highest BCUT2D eigenvalue weighted by Gasteiger charge is 2.24. The van der Waals surface area contributed by atoms with Crippen LogP contribution in [-0.2, 0) is 4.79 Å². The van der Waals surface area contributed by atoms with Gasteiger partial charge in [-0.05, 0) is 41.6 Å². The summed E-state index contributed by atoms with van der Waals surface area (Å²) in [6, 6.07) is 9.02. The topological polar surface area (TPSA) is 93.2 Å². The molecule has 2 N–H and O–H groups in total. The van der Waals surface area contributed by atoms with Gasteiger partial charge in [-0.25, -0.2) is 9.97 Å². The molecule has 0 spiro atoms. The Labute approximate surface area is 142 Å². The molecule has 0 saturated carbocycles. The number of carbonyl (C=O) groups is 2. The number of ether oxygens (including phenoxy) is 1. The molecule has 1 aliphatic heterocycles. The molecule has 8 heteroatoms. The maximum atomic E-state index is 11.5. The van der Waals surface area contributed by atoms with Gasteiger partial charge >= 0.3 is 0 Å². The number of nitrogens with zero attached hydrogens (tertiary/aromatic N) is 2. The second-order valence-corrected chi connectivity index (χ2v) is 5.78. The zero-order valence-electron chi connectivity index (χ0n) is 12.6. The van der Waals surface area contributed by atoms with Crippen molar-refractivity contribution in [3.8, 4) is 5.75 Å². The van der Waals surface area contributed by atoms with Crippen molar-refractivity contribution in [2.45, 2.75) is 0 Å². The fourth-order valence-corrected chi connectivity index (χ4v) is 2.64. The third-order valence-electron chi connectivity index (χ3n) is 3.04. The van der Waals surface area contributed by atoms with E-state index in [1.54, 1.807) is 24.5 Å². The minimum Gasteiger partial charge on any atom is -0.492 e. The van der Waals surface area contributed by atoms with E-state index in [2.05, 4.69) is 20.6 Å². The van der Waals surface area contributed by atoms with Gasteiger partial charge in [0.2, 0.25) is 5.95 Å². The lowest BCUT2D eigenvalue weighted by atomic mass is 10.2. The predicted octanol–water partition coefficient (Wildman–Crippen LogP) is 2.29. The Balaban J connectivity index is 1.49. The van der Waals surface area contributed by atoms with Crippen LogP contribution in [-0.4, -0.2) is 34.3 Å². The molecule has 0 radical (unpaired) electrons. The Morgan fingerprint density at radius 3 is 2.58 bits per heavy atom. The Kier molecular flexibility index (Phi) is 5.07. The first-order valence-corrected chi connectivity index (χ1v) is 8.01. The highest BCUT2D eigenvalue weighted by molar-refractivity contribution is 8.18. The molecule has 2 heterocycles. The molecule has 0 bridgehead atoms. The molecule has 122 valence electrons. The van der Waals surface area contributed by atoms with Gasteiger partial charge in [-0.1, -0.05) is 12.1 Å². The predicted molar refractivity (Wildman–Crippen MR) is 91.6 cm³/mol. The number of hydrogen-bond donors (Lipinski definition) is 2. The van der Waals surface area contributed by atoms with Crippen molar-refractivity contribution in [3.05, 3.63) is 53.2 Å². The lowest BCUT2D eigenvalue weighted by Crippen LogP contribution is -2.17. The van der Waals surface area contributed by atoms with Gasteiger partial charge in [0.15, 0.2) is 0 Å². The second kappa shape index (κ2) is 7.60. The number of thioether (sulfide) groups is 1.